The lowest BCUT2D eigenvalue weighted by Crippen LogP contribution is -2.56. The van der Waals surface area contributed by atoms with Gasteiger partial charge in [-0.3, -0.25) is 4.72 Å². The first-order chi connectivity index (χ1) is 19.4. The second kappa shape index (κ2) is 9.91. The number of aromatic nitrogens is 2. The van der Waals surface area contributed by atoms with Crippen LogP contribution in [0.3, 0.4) is 0 Å². The molecule has 10 nitrogen and oxygen atoms in total. The molecule has 3 aliphatic rings. The van der Waals surface area contributed by atoms with Crippen molar-refractivity contribution in [1.29, 1.82) is 0 Å². The van der Waals surface area contributed by atoms with Crippen molar-refractivity contribution in [3.63, 3.8) is 0 Å². The van der Waals surface area contributed by atoms with Crippen LogP contribution in [0.5, 0.6) is 0 Å². The molecule has 1 aromatic heterocycles. The maximum absolute atomic E-state index is 13.8. The standard InChI is InChI=1S/C29H36N4O6S2/c1-20-25-14-13-24-26(21-9-8-12-23(19-21)31-40(4,34)35)33(41(36,37)32(2)3)30-27(24)28(25,22-10-6-5-7-11-22)15-16-29(20)38-17-18-39-29/h5-12,19-20,25,31H,13-18H2,1-4H3. The Morgan fingerprint density at radius 3 is 2.37 bits per heavy atom. The summed E-state index contributed by atoms with van der Waals surface area (Å²) < 4.78 is 68.9. The van der Waals surface area contributed by atoms with Crippen LogP contribution in [0.15, 0.2) is 54.6 Å². The number of nitrogens with one attached hydrogen (secondary N) is 1. The van der Waals surface area contributed by atoms with Crippen LogP contribution in [-0.2, 0) is 41.5 Å². The normalized spacial score (nSPS) is 25.7. The van der Waals surface area contributed by atoms with Gasteiger partial charge in [-0.15, -0.1) is 4.09 Å². The van der Waals surface area contributed by atoms with E-state index in [1.807, 2.05) is 18.2 Å². The van der Waals surface area contributed by atoms with Crippen LogP contribution in [0, 0.1) is 11.8 Å². The van der Waals surface area contributed by atoms with Crippen molar-refractivity contribution in [1.82, 2.24) is 13.5 Å². The molecule has 1 spiro atoms. The molecule has 1 aliphatic heterocycles. The maximum Gasteiger partial charge on any atom is 0.323 e. The molecule has 3 unspecified atom stereocenters. The fraction of sp³-hybridized carbons (Fsp3) is 0.483. The summed E-state index contributed by atoms with van der Waals surface area (Å²) in [7, 11) is -4.59. The van der Waals surface area contributed by atoms with Crippen molar-refractivity contribution in [2.24, 2.45) is 11.8 Å². The minimum absolute atomic E-state index is 0.0495. The first kappa shape index (κ1) is 28.4. The minimum Gasteiger partial charge on any atom is -0.347 e. The van der Waals surface area contributed by atoms with E-state index >= 15 is 0 Å². The van der Waals surface area contributed by atoms with E-state index in [-0.39, 0.29) is 11.8 Å². The van der Waals surface area contributed by atoms with Crippen molar-refractivity contribution in [3.05, 3.63) is 71.4 Å². The summed E-state index contributed by atoms with van der Waals surface area (Å²) in [5.74, 6) is -0.498. The quantitative estimate of drug-likeness (QED) is 0.459. The first-order valence-corrected chi connectivity index (χ1v) is 17.1. The Labute approximate surface area is 241 Å². The van der Waals surface area contributed by atoms with E-state index in [1.54, 1.807) is 24.3 Å². The van der Waals surface area contributed by atoms with Gasteiger partial charge in [0.15, 0.2) is 5.79 Å². The van der Waals surface area contributed by atoms with E-state index < -0.39 is 31.4 Å². The van der Waals surface area contributed by atoms with Gasteiger partial charge in [0, 0.05) is 48.7 Å². The van der Waals surface area contributed by atoms with Crippen LogP contribution in [-0.4, -0.2) is 69.7 Å². The fourth-order valence-corrected chi connectivity index (χ4v) is 8.79. The summed E-state index contributed by atoms with van der Waals surface area (Å²) >= 11 is 0. The highest BCUT2D eigenvalue weighted by molar-refractivity contribution is 7.92. The van der Waals surface area contributed by atoms with Crippen LogP contribution in [0.25, 0.3) is 11.3 Å². The third-order valence-corrected chi connectivity index (χ3v) is 11.3. The highest BCUT2D eigenvalue weighted by Gasteiger charge is 2.61. The molecule has 6 rings (SSSR count). The van der Waals surface area contributed by atoms with Crippen molar-refractivity contribution < 1.29 is 26.3 Å². The number of rotatable bonds is 6. The second-order valence-electron chi connectivity index (χ2n) is 11.5. The second-order valence-corrected chi connectivity index (χ2v) is 15.3. The highest BCUT2D eigenvalue weighted by atomic mass is 32.2. The number of sulfonamides is 1. The Bertz CT molecular complexity index is 1680. The Kier molecular flexibility index (Phi) is 6.85. The average molecular weight is 601 g/mol. The molecule has 1 saturated carbocycles. The molecule has 1 saturated heterocycles. The van der Waals surface area contributed by atoms with E-state index in [4.69, 9.17) is 14.6 Å². The van der Waals surface area contributed by atoms with Crippen LogP contribution in [0.1, 0.15) is 43.0 Å². The van der Waals surface area contributed by atoms with Gasteiger partial charge in [-0.05, 0) is 42.9 Å². The number of anilines is 1. The maximum atomic E-state index is 13.8. The van der Waals surface area contributed by atoms with E-state index in [2.05, 4.69) is 23.8 Å². The number of benzene rings is 2. The van der Waals surface area contributed by atoms with Crippen molar-refractivity contribution >= 4 is 25.9 Å². The third kappa shape index (κ3) is 4.51. The molecule has 2 aliphatic carbocycles. The predicted octanol–water partition coefficient (Wildman–Crippen LogP) is 3.60. The number of hydrogen-bond donors (Lipinski definition) is 1. The van der Waals surface area contributed by atoms with Crippen molar-refractivity contribution in [2.75, 3.05) is 38.3 Å². The summed E-state index contributed by atoms with van der Waals surface area (Å²) in [6.07, 6.45) is 3.83. The summed E-state index contributed by atoms with van der Waals surface area (Å²) in [5, 5.41) is 4.97. The van der Waals surface area contributed by atoms with Crippen LogP contribution in [0.4, 0.5) is 5.69 Å². The Morgan fingerprint density at radius 2 is 1.71 bits per heavy atom. The van der Waals surface area contributed by atoms with Gasteiger partial charge < -0.3 is 9.47 Å². The predicted molar refractivity (Wildman–Crippen MR) is 156 cm³/mol. The summed E-state index contributed by atoms with van der Waals surface area (Å²) in [6, 6.07) is 17.1. The van der Waals surface area contributed by atoms with Gasteiger partial charge in [0.25, 0.3) is 0 Å². The molecule has 1 N–H and O–H groups in total. The number of nitrogens with zero attached hydrogens (tertiary/aromatic N) is 3. The smallest absolute Gasteiger partial charge is 0.323 e. The molecule has 41 heavy (non-hydrogen) atoms. The lowest BCUT2D eigenvalue weighted by atomic mass is 9.52. The molecule has 0 amide bonds. The van der Waals surface area contributed by atoms with Crippen LogP contribution in [0.2, 0.25) is 0 Å². The van der Waals surface area contributed by atoms with Gasteiger partial charge in [0.05, 0.1) is 30.9 Å². The van der Waals surface area contributed by atoms with Gasteiger partial charge in [-0.2, -0.15) is 17.8 Å². The Hall–Kier alpha value is -2.77. The SMILES string of the molecule is CC1C2CCc3c(nn(S(=O)(=O)N(C)C)c3-c3cccc(NS(C)(=O)=O)c3)C2(c2ccccc2)CCC12OCCO2. The molecule has 12 heteroatoms. The van der Waals surface area contributed by atoms with E-state index in [9.17, 15) is 16.8 Å². The number of hydrogen-bond acceptors (Lipinski definition) is 7. The molecule has 3 aromatic rings. The molecule has 0 radical (unpaired) electrons. The van der Waals surface area contributed by atoms with Gasteiger partial charge >= 0.3 is 10.2 Å². The van der Waals surface area contributed by atoms with Gasteiger partial charge in [0.1, 0.15) is 0 Å². The van der Waals surface area contributed by atoms with E-state index in [1.165, 1.54) is 14.1 Å². The third-order valence-electron chi connectivity index (χ3n) is 9.06. The van der Waals surface area contributed by atoms with Gasteiger partial charge in [-0.25, -0.2) is 8.42 Å². The van der Waals surface area contributed by atoms with Gasteiger partial charge in [-0.1, -0.05) is 49.4 Å². The lowest BCUT2D eigenvalue weighted by Gasteiger charge is -2.55. The summed E-state index contributed by atoms with van der Waals surface area (Å²) in [6.45, 7) is 3.32. The van der Waals surface area contributed by atoms with Crippen molar-refractivity contribution in [3.8, 4) is 11.3 Å². The molecular weight excluding hydrogens is 564 g/mol. The zero-order valence-corrected chi connectivity index (χ0v) is 25.3. The van der Waals surface area contributed by atoms with Gasteiger partial charge in [0.2, 0.25) is 10.0 Å². The number of fused-ring (bicyclic) bond motifs is 3. The zero-order chi connectivity index (χ0) is 29.2. The van der Waals surface area contributed by atoms with Crippen molar-refractivity contribution in [2.45, 2.75) is 43.8 Å². The van der Waals surface area contributed by atoms with E-state index in [0.29, 0.717) is 49.4 Å². The summed E-state index contributed by atoms with van der Waals surface area (Å²) in [5.41, 5.74) is 3.54. The van der Waals surface area contributed by atoms with Crippen LogP contribution >= 0.6 is 0 Å². The monoisotopic (exact) mass is 600 g/mol. The Morgan fingerprint density at radius 1 is 1.00 bits per heavy atom. The molecular formula is C29H36N4O6S2. The first-order valence-electron chi connectivity index (χ1n) is 13.9. The zero-order valence-electron chi connectivity index (χ0n) is 23.7. The molecule has 0 bridgehead atoms. The molecule has 3 atom stereocenters. The molecule has 2 aromatic carbocycles. The number of ether oxygens (including phenoxy) is 2. The molecule has 2 fully saturated rings. The minimum atomic E-state index is -4.03. The fourth-order valence-electron chi connectivity index (χ4n) is 7.29. The summed E-state index contributed by atoms with van der Waals surface area (Å²) in [4.78, 5) is 0. The van der Waals surface area contributed by atoms with Crippen LogP contribution < -0.4 is 4.72 Å². The van der Waals surface area contributed by atoms with E-state index in [0.717, 1.165) is 37.9 Å². The molecule has 2 heterocycles. The Balaban J connectivity index is 1.61. The average Bonchev–Trinajstić information content (AvgIpc) is 3.57. The topological polar surface area (TPSA) is 120 Å². The largest absolute Gasteiger partial charge is 0.347 e. The highest BCUT2D eigenvalue weighted by Crippen LogP contribution is 2.60. The lowest BCUT2D eigenvalue weighted by molar-refractivity contribution is -0.232. The molecule has 220 valence electrons.